The number of benzene rings is 1. The zero-order chi connectivity index (χ0) is 12.4. The molecule has 1 saturated carbocycles. The van der Waals surface area contributed by atoms with Crippen molar-refractivity contribution in [3.05, 3.63) is 24.0 Å². The molecule has 0 saturated heterocycles. The van der Waals surface area contributed by atoms with Crippen LogP contribution in [0, 0.1) is 11.7 Å². The predicted octanol–water partition coefficient (Wildman–Crippen LogP) is 3.42. The van der Waals surface area contributed by atoms with Gasteiger partial charge in [-0.25, -0.2) is 4.39 Å². The molecule has 1 aromatic carbocycles. The van der Waals surface area contributed by atoms with Gasteiger partial charge < -0.3 is 10.6 Å². The highest BCUT2D eigenvalue weighted by atomic mass is 19.1. The standard InChI is InChI=1S/C14H21FN2/c1-10(2)8-9-17(11-6-7-11)13-5-3-4-12(15)14(13)16/h3-5,10-11H,6-9,16H2,1-2H3. The molecular weight excluding hydrogens is 215 g/mol. The molecule has 0 heterocycles. The molecule has 17 heavy (non-hydrogen) atoms. The normalized spacial score (nSPS) is 15.3. The van der Waals surface area contributed by atoms with Gasteiger partial charge in [-0.3, -0.25) is 0 Å². The largest absolute Gasteiger partial charge is 0.395 e. The van der Waals surface area contributed by atoms with Gasteiger partial charge in [0.15, 0.2) is 0 Å². The highest BCUT2D eigenvalue weighted by Crippen LogP contribution is 2.36. The lowest BCUT2D eigenvalue weighted by Gasteiger charge is -2.27. The lowest BCUT2D eigenvalue weighted by Crippen LogP contribution is -2.28. The maximum absolute atomic E-state index is 13.5. The van der Waals surface area contributed by atoms with Gasteiger partial charge in [0.25, 0.3) is 0 Å². The van der Waals surface area contributed by atoms with Crippen molar-refractivity contribution in [2.45, 2.75) is 39.2 Å². The van der Waals surface area contributed by atoms with Crippen molar-refractivity contribution in [1.82, 2.24) is 0 Å². The molecule has 0 bridgehead atoms. The summed E-state index contributed by atoms with van der Waals surface area (Å²) in [6.07, 6.45) is 3.52. The molecule has 0 spiro atoms. The minimum Gasteiger partial charge on any atom is -0.395 e. The minimum absolute atomic E-state index is 0.295. The SMILES string of the molecule is CC(C)CCN(c1cccc(F)c1N)C1CC1. The highest BCUT2D eigenvalue weighted by Gasteiger charge is 2.30. The molecular formula is C14H21FN2. The third kappa shape index (κ3) is 2.90. The lowest BCUT2D eigenvalue weighted by atomic mass is 10.1. The quantitative estimate of drug-likeness (QED) is 0.794. The molecule has 3 heteroatoms. The van der Waals surface area contributed by atoms with Crippen LogP contribution >= 0.6 is 0 Å². The number of nitrogen functional groups attached to an aromatic ring is 1. The van der Waals surface area contributed by atoms with E-state index >= 15 is 0 Å². The number of anilines is 2. The summed E-state index contributed by atoms with van der Waals surface area (Å²) < 4.78 is 13.5. The Labute approximate surface area is 103 Å². The number of nitrogens with two attached hydrogens (primary N) is 1. The van der Waals surface area contributed by atoms with Crippen molar-refractivity contribution in [3.63, 3.8) is 0 Å². The van der Waals surface area contributed by atoms with Crippen molar-refractivity contribution in [2.24, 2.45) is 5.92 Å². The summed E-state index contributed by atoms with van der Waals surface area (Å²) in [5.41, 5.74) is 7.00. The van der Waals surface area contributed by atoms with Crippen LogP contribution in [0.3, 0.4) is 0 Å². The molecule has 0 atom stereocenters. The predicted molar refractivity (Wildman–Crippen MR) is 70.6 cm³/mol. The molecule has 2 rings (SSSR count). The van der Waals surface area contributed by atoms with Gasteiger partial charge in [-0.05, 0) is 37.3 Å². The summed E-state index contributed by atoms with van der Waals surface area (Å²) in [5.74, 6) is 0.351. The molecule has 2 N–H and O–H groups in total. The molecule has 0 aliphatic heterocycles. The first kappa shape index (κ1) is 12.2. The van der Waals surface area contributed by atoms with Gasteiger partial charge in [0.05, 0.1) is 11.4 Å². The molecule has 0 unspecified atom stereocenters. The first-order valence-corrected chi connectivity index (χ1v) is 6.40. The molecule has 0 amide bonds. The summed E-state index contributed by atoms with van der Waals surface area (Å²) in [5, 5.41) is 0. The van der Waals surface area contributed by atoms with E-state index in [4.69, 9.17) is 5.73 Å². The van der Waals surface area contributed by atoms with Gasteiger partial charge in [-0.15, -0.1) is 0 Å². The van der Waals surface area contributed by atoms with E-state index in [2.05, 4.69) is 18.7 Å². The van der Waals surface area contributed by atoms with Crippen LogP contribution in [0.15, 0.2) is 18.2 Å². The van der Waals surface area contributed by atoms with Crippen LogP contribution in [-0.2, 0) is 0 Å². The molecule has 1 aromatic rings. The highest BCUT2D eigenvalue weighted by molar-refractivity contribution is 5.69. The lowest BCUT2D eigenvalue weighted by molar-refractivity contribution is 0.570. The van der Waals surface area contributed by atoms with Crippen LogP contribution in [0.5, 0.6) is 0 Å². The topological polar surface area (TPSA) is 29.3 Å². The number of hydrogen-bond acceptors (Lipinski definition) is 2. The van der Waals surface area contributed by atoms with Gasteiger partial charge in [-0.1, -0.05) is 19.9 Å². The average Bonchev–Trinajstić information content (AvgIpc) is 3.08. The smallest absolute Gasteiger partial charge is 0.148 e. The Balaban J connectivity index is 2.17. The summed E-state index contributed by atoms with van der Waals surface area (Å²) in [4.78, 5) is 2.28. The maximum atomic E-state index is 13.5. The summed E-state index contributed by atoms with van der Waals surface area (Å²) >= 11 is 0. The van der Waals surface area contributed by atoms with Crippen LogP contribution in [0.1, 0.15) is 33.1 Å². The molecule has 1 aliphatic rings. The first-order valence-electron chi connectivity index (χ1n) is 6.40. The van der Waals surface area contributed by atoms with E-state index in [0.29, 0.717) is 17.6 Å². The van der Waals surface area contributed by atoms with Gasteiger partial charge in [-0.2, -0.15) is 0 Å². The average molecular weight is 236 g/mol. The van der Waals surface area contributed by atoms with Gasteiger partial charge in [0.1, 0.15) is 5.82 Å². The van der Waals surface area contributed by atoms with E-state index in [0.717, 1.165) is 18.7 Å². The van der Waals surface area contributed by atoms with Crippen molar-refractivity contribution in [3.8, 4) is 0 Å². The fourth-order valence-electron chi connectivity index (χ4n) is 2.06. The van der Waals surface area contributed by atoms with E-state index in [1.807, 2.05) is 6.07 Å². The molecule has 1 aliphatic carbocycles. The van der Waals surface area contributed by atoms with Crippen molar-refractivity contribution < 1.29 is 4.39 Å². The number of nitrogens with zero attached hydrogens (tertiary/aromatic N) is 1. The number of para-hydroxylation sites is 1. The second-order valence-corrected chi connectivity index (χ2v) is 5.28. The van der Waals surface area contributed by atoms with E-state index in [-0.39, 0.29) is 5.82 Å². The van der Waals surface area contributed by atoms with Crippen LogP contribution in [-0.4, -0.2) is 12.6 Å². The monoisotopic (exact) mass is 236 g/mol. The van der Waals surface area contributed by atoms with Gasteiger partial charge in [0.2, 0.25) is 0 Å². The van der Waals surface area contributed by atoms with Gasteiger partial charge in [0, 0.05) is 12.6 Å². The number of hydrogen-bond donors (Lipinski definition) is 1. The first-order chi connectivity index (χ1) is 8.09. The fraction of sp³-hybridized carbons (Fsp3) is 0.571. The summed E-state index contributed by atoms with van der Waals surface area (Å²) in [6.45, 7) is 5.38. The van der Waals surface area contributed by atoms with Crippen molar-refractivity contribution in [1.29, 1.82) is 0 Å². The Morgan fingerprint density at radius 1 is 1.41 bits per heavy atom. The molecule has 2 nitrogen and oxygen atoms in total. The Morgan fingerprint density at radius 2 is 2.12 bits per heavy atom. The second kappa shape index (κ2) is 4.94. The summed E-state index contributed by atoms with van der Waals surface area (Å²) in [6, 6.07) is 5.66. The number of rotatable bonds is 5. The van der Waals surface area contributed by atoms with Crippen molar-refractivity contribution in [2.75, 3.05) is 17.2 Å². The Bertz CT molecular complexity index is 386. The summed E-state index contributed by atoms with van der Waals surface area (Å²) in [7, 11) is 0. The Kier molecular flexibility index (Phi) is 3.55. The molecule has 94 valence electrons. The van der Waals surface area contributed by atoms with E-state index in [1.165, 1.54) is 18.9 Å². The minimum atomic E-state index is -0.308. The zero-order valence-electron chi connectivity index (χ0n) is 10.6. The van der Waals surface area contributed by atoms with Crippen LogP contribution < -0.4 is 10.6 Å². The molecule has 1 fully saturated rings. The molecule has 0 aromatic heterocycles. The van der Waals surface area contributed by atoms with Crippen molar-refractivity contribution >= 4 is 11.4 Å². The molecule has 0 radical (unpaired) electrons. The van der Waals surface area contributed by atoms with E-state index in [1.54, 1.807) is 6.07 Å². The number of halogens is 1. The Morgan fingerprint density at radius 3 is 2.71 bits per heavy atom. The fourth-order valence-corrected chi connectivity index (χ4v) is 2.06. The zero-order valence-corrected chi connectivity index (χ0v) is 10.6. The van der Waals surface area contributed by atoms with Gasteiger partial charge >= 0.3 is 0 Å². The third-order valence-corrected chi connectivity index (χ3v) is 3.27. The third-order valence-electron chi connectivity index (χ3n) is 3.27. The second-order valence-electron chi connectivity index (χ2n) is 5.28. The maximum Gasteiger partial charge on any atom is 0.148 e. The Hall–Kier alpha value is -1.25. The van der Waals surface area contributed by atoms with E-state index in [9.17, 15) is 4.39 Å². The van der Waals surface area contributed by atoms with Crippen LogP contribution in [0.25, 0.3) is 0 Å². The van der Waals surface area contributed by atoms with Crippen LogP contribution in [0.2, 0.25) is 0 Å². The van der Waals surface area contributed by atoms with Crippen LogP contribution in [0.4, 0.5) is 15.8 Å². The van der Waals surface area contributed by atoms with E-state index < -0.39 is 0 Å².